The number of ether oxygens (including phenoxy) is 3. The minimum absolute atomic E-state index is 0.0569. The van der Waals surface area contributed by atoms with Crippen LogP contribution in [-0.2, 0) is 40.0 Å². The maximum absolute atomic E-state index is 12.5. The molecule has 1 heterocycles. The van der Waals surface area contributed by atoms with E-state index in [-0.39, 0.29) is 24.4 Å². The molecule has 0 saturated heterocycles. The van der Waals surface area contributed by atoms with Gasteiger partial charge >= 0.3 is 17.9 Å². The molecule has 1 aliphatic heterocycles. The molecule has 1 aliphatic rings. The molecule has 8 nitrogen and oxygen atoms in total. The monoisotopic (exact) mass is 377 g/mol. The number of esters is 3. The smallest absolute Gasteiger partial charge is 0.376 e. The Morgan fingerprint density at radius 1 is 1.07 bits per heavy atom. The normalized spacial score (nSPS) is 19.4. The SMILES string of the molecule is CCC1(CC(=O)OCc2ccccc2)C(C(=O)OC)=C(C(=O)OC)ON1C. The van der Waals surface area contributed by atoms with Crippen molar-refractivity contribution in [2.45, 2.75) is 31.9 Å². The van der Waals surface area contributed by atoms with Crippen LogP contribution in [0.1, 0.15) is 25.3 Å². The second kappa shape index (κ2) is 8.68. The molecule has 0 radical (unpaired) electrons. The van der Waals surface area contributed by atoms with Crippen molar-refractivity contribution in [3.8, 4) is 0 Å². The van der Waals surface area contributed by atoms with Crippen LogP contribution in [0.4, 0.5) is 0 Å². The molecule has 2 rings (SSSR count). The third kappa shape index (κ3) is 4.11. The van der Waals surface area contributed by atoms with E-state index < -0.39 is 23.4 Å². The van der Waals surface area contributed by atoms with Crippen LogP contribution in [0.5, 0.6) is 0 Å². The molecular formula is C19H23NO7. The topological polar surface area (TPSA) is 91.4 Å². The predicted molar refractivity (Wildman–Crippen MR) is 93.8 cm³/mol. The Balaban J connectivity index is 2.28. The molecule has 0 fully saturated rings. The second-order valence-corrected chi connectivity index (χ2v) is 5.98. The molecule has 0 N–H and O–H groups in total. The summed E-state index contributed by atoms with van der Waals surface area (Å²) in [5.41, 5.74) is -0.422. The van der Waals surface area contributed by atoms with Gasteiger partial charge in [0.1, 0.15) is 17.7 Å². The lowest BCUT2D eigenvalue weighted by Gasteiger charge is -2.33. The minimum atomic E-state index is -1.20. The Morgan fingerprint density at radius 2 is 1.70 bits per heavy atom. The van der Waals surface area contributed by atoms with Gasteiger partial charge in [-0.15, -0.1) is 5.06 Å². The number of hydrogen-bond acceptors (Lipinski definition) is 8. The van der Waals surface area contributed by atoms with Crippen molar-refractivity contribution in [2.24, 2.45) is 0 Å². The zero-order chi connectivity index (χ0) is 20.0. The molecule has 0 aromatic heterocycles. The number of rotatable bonds is 7. The van der Waals surface area contributed by atoms with E-state index in [0.29, 0.717) is 6.42 Å². The third-order valence-corrected chi connectivity index (χ3v) is 4.55. The first kappa shape index (κ1) is 20.4. The van der Waals surface area contributed by atoms with E-state index in [1.165, 1.54) is 26.3 Å². The van der Waals surface area contributed by atoms with Crippen LogP contribution in [0.3, 0.4) is 0 Å². The fourth-order valence-electron chi connectivity index (χ4n) is 3.01. The Kier molecular flexibility index (Phi) is 6.57. The maximum Gasteiger partial charge on any atom is 0.376 e. The lowest BCUT2D eigenvalue weighted by Crippen LogP contribution is -2.47. The van der Waals surface area contributed by atoms with Crippen molar-refractivity contribution >= 4 is 17.9 Å². The molecule has 0 saturated carbocycles. The van der Waals surface area contributed by atoms with E-state index in [2.05, 4.69) is 4.74 Å². The van der Waals surface area contributed by atoms with Crippen LogP contribution < -0.4 is 0 Å². The summed E-state index contributed by atoms with van der Waals surface area (Å²) in [6.45, 7) is 1.87. The van der Waals surface area contributed by atoms with E-state index in [1.54, 1.807) is 6.92 Å². The average molecular weight is 377 g/mol. The lowest BCUT2D eigenvalue weighted by atomic mass is 9.83. The lowest BCUT2D eigenvalue weighted by molar-refractivity contribution is -0.170. The third-order valence-electron chi connectivity index (χ3n) is 4.55. The van der Waals surface area contributed by atoms with Gasteiger partial charge in [-0.25, -0.2) is 9.59 Å². The molecule has 0 bridgehead atoms. The van der Waals surface area contributed by atoms with E-state index in [9.17, 15) is 14.4 Å². The number of hydrogen-bond donors (Lipinski definition) is 0. The highest BCUT2D eigenvalue weighted by Gasteiger charge is 2.54. The highest BCUT2D eigenvalue weighted by atomic mass is 16.7. The van der Waals surface area contributed by atoms with Gasteiger partial charge in [0.25, 0.3) is 0 Å². The van der Waals surface area contributed by atoms with Gasteiger partial charge in [-0.3, -0.25) is 4.79 Å². The van der Waals surface area contributed by atoms with Gasteiger partial charge in [-0.1, -0.05) is 37.3 Å². The molecule has 1 aromatic rings. The highest BCUT2D eigenvalue weighted by Crippen LogP contribution is 2.41. The first-order chi connectivity index (χ1) is 12.9. The van der Waals surface area contributed by atoms with Crippen LogP contribution in [0.15, 0.2) is 41.7 Å². The molecule has 8 heteroatoms. The molecule has 1 atom stereocenters. The zero-order valence-electron chi connectivity index (χ0n) is 15.8. The number of likely N-dealkylation sites (N-methyl/N-ethyl adjacent to an activating group) is 1. The van der Waals surface area contributed by atoms with Crippen molar-refractivity contribution in [2.75, 3.05) is 21.3 Å². The Labute approximate surface area is 157 Å². The van der Waals surface area contributed by atoms with E-state index >= 15 is 0 Å². The number of methoxy groups -OCH3 is 2. The van der Waals surface area contributed by atoms with Crippen LogP contribution in [0, 0.1) is 0 Å². The number of hydroxylamine groups is 2. The van der Waals surface area contributed by atoms with E-state index in [4.69, 9.17) is 14.3 Å². The van der Waals surface area contributed by atoms with Crippen molar-refractivity contribution in [1.29, 1.82) is 0 Å². The summed E-state index contributed by atoms with van der Waals surface area (Å²) in [5.74, 6) is -2.42. The first-order valence-corrected chi connectivity index (χ1v) is 8.42. The molecule has 27 heavy (non-hydrogen) atoms. The van der Waals surface area contributed by atoms with Gasteiger partial charge in [0.2, 0.25) is 5.76 Å². The van der Waals surface area contributed by atoms with E-state index in [1.807, 2.05) is 30.3 Å². The van der Waals surface area contributed by atoms with Crippen molar-refractivity contribution in [1.82, 2.24) is 5.06 Å². The quantitative estimate of drug-likeness (QED) is 0.524. The average Bonchev–Trinajstić information content (AvgIpc) is 2.98. The van der Waals surface area contributed by atoms with Gasteiger partial charge in [0.15, 0.2) is 0 Å². The van der Waals surface area contributed by atoms with Crippen molar-refractivity contribution in [3.63, 3.8) is 0 Å². The van der Waals surface area contributed by atoms with Gasteiger partial charge in [-0.2, -0.15) is 0 Å². The highest BCUT2D eigenvalue weighted by molar-refractivity contribution is 6.02. The molecule has 1 aromatic carbocycles. The van der Waals surface area contributed by atoms with Gasteiger partial charge in [0, 0.05) is 7.05 Å². The molecule has 1 unspecified atom stereocenters. The summed E-state index contributed by atoms with van der Waals surface area (Å²) in [7, 11) is 3.90. The first-order valence-electron chi connectivity index (χ1n) is 8.42. The predicted octanol–water partition coefficient (Wildman–Crippen LogP) is 1.75. The minimum Gasteiger partial charge on any atom is -0.465 e. The van der Waals surface area contributed by atoms with Crippen LogP contribution in [0.2, 0.25) is 0 Å². The summed E-state index contributed by atoms with van der Waals surface area (Å²) >= 11 is 0. The molecule has 146 valence electrons. The molecule has 0 spiro atoms. The fourth-order valence-corrected chi connectivity index (χ4v) is 3.01. The molecular weight excluding hydrogens is 354 g/mol. The molecule has 0 aliphatic carbocycles. The Hall–Kier alpha value is -2.87. The van der Waals surface area contributed by atoms with Crippen LogP contribution in [-0.4, -0.2) is 49.8 Å². The summed E-state index contributed by atoms with van der Waals surface area (Å²) in [4.78, 5) is 42.4. The van der Waals surface area contributed by atoms with Gasteiger partial charge < -0.3 is 19.0 Å². The fraction of sp³-hybridized carbons (Fsp3) is 0.421. The van der Waals surface area contributed by atoms with Crippen molar-refractivity contribution < 1.29 is 33.4 Å². The Morgan fingerprint density at radius 3 is 2.26 bits per heavy atom. The number of benzene rings is 1. The van der Waals surface area contributed by atoms with Gasteiger partial charge in [0.05, 0.1) is 20.6 Å². The largest absolute Gasteiger partial charge is 0.465 e. The van der Waals surface area contributed by atoms with Crippen LogP contribution >= 0.6 is 0 Å². The summed E-state index contributed by atoms with van der Waals surface area (Å²) in [6.07, 6.45) is 0.104. The summed E-state index contributed by atoms with van der Waals surface area (Å²) < 4.78 is 14.8. The summed E-state index contributed by atoms with van der Waals surface area (Å²) in [6, 6.07) is 9.22. The van der Waals surface area contributed by atoms with Crippen LogP contribution in [0.25, 0.3) is 0 Å². The number of carbonyl (C=O) groups is 3. The molecule has 0 amide bonds. The van der Waals surface area contributed by atoms with Crippen molar-refractivity contribution in [3.05, 3.63) is 47.2 Å². The summed E-state index contributed by atoms with van der Waals surface area (Å²) in [5, 5.41) is 1.30. The van der Waals surface area contributed by atoms with E-state index in [0.717, 1.165) is 5.56 Å². The zero-order valence-corrected chi connectivity index (χ0v) is 15.8. The second-order valence-electron chi connectivity index (χ2n) is 5.98. The standard InChI is InChI=1S/C19H23NO7/c1-5-19(11-14(21)26-12-13-9-7-6-8-10-13)15(17(22)24-3)16(18(23)25-4)27-20(19)2/h6-10H,5,11-12H2,1-4H3. The number of nitrogens with zero attached hydrogens (tertiary/aromatic N) is 1. The Bertz CT molecular complexity index is 744. The van der Waals surface area contributed by atoms with Gasteiger partial charge in [-0.05, 0) is 12.0 Å². The number of carbonyl (C=O) groups excluding carboxylic acids is 3. The maximum atomic E-state index is 12.5.